The average molecular weight is 331 g/mol. The number of hydrogen-bond donors (Lipinski definition) is 2. The van der Waals surface area contributed by atoms with Crippen LogP contribution in [0.15, 0.2) is 22.7 Å². The Labute approximate surface area is 119 Å². The predicted molar refractivity (Wildman–Crippen MR) is 73.2 cm³/mol. The number of hydrogen-bond acceptors (Lipinski definition) is 3. The first-order valence-electron chi connectivity index (χ1n) is 6.18. The number of benzene rings is 1. The molecule has 104 valence electrons. The third-order valence-corrected chi connectivity index (χ3v) is 3.39. The van der Waals surface area contributed by atoms with E-state index in [1.54, 1.807) is 12.1 Å². The summed E-state index contributed by atoms with van der Waals surface area (Å²) >= 11 is 3.28. The molecule has 1 unspecified atom stereocenters. The van der Waals surface area contributed by atoms with Crippen LogP contribution in [0.5, 0.6) is 0 Å². The summed E-state index contributed by atoms with van der Waals surface area (Å²) < 4.78 is 19.7. The van der Waals surface area contributed by atoms with Crippen molar-refractivity contribution >= 4 is 21.8 Å². The number of amides is 1. The maximum Gasteiger partial charge on any atom is 0.222 e. The molecule has 1 aromatic rings. The molecule has 4 nitrogen and oxygen atoms in total. The van der Waals surface area contributed by atoms with Gasteiger partial charge in [0.15, 0.2) is 0 Å². The maximum atomic E-state index is 13.5. The van der Waals surface area contributed by atoms with E-state index in [2.05, 4.69) is 26.6 Å². The Balaban J connectivity index is 1.81. The van der Waals surface area contributed by atoms with Gasteiger partial charge in [0.05, 0.1) is 19.1 Å². The lowest BCUT2D eigenvalue weighted by Gasteiger charge is -2.23. The van der Waals surface area contributed by atoms with Gasteiger partial charge >= 0.3 is 0 Å². The van der Waals surface area contributed by atoms with Crippen LogP contribution in [0.2, 0.25) is 0 Å². The molecule has 1 heterocycles. The highest BCUT2D eigenvalue weighted by molar-refractivity contribution is 9.10. The minimum absolute atomic E-state index is 0.0962. The van der Waals surface area contributed by atoms with Crippen molar-refractivity contribution in [2.24, 2.45) is 0 Å². The minimum atomic E-state index is -0.320. The van der Waals surface area contributed by atoms with E-state index in [0.717, 1.165) is 11.0 Å². The van der Waals surface area contributed by atoms with Gasteiger partial charge in [-0.2, -0.15) is 0 Å². The highest BCUT2D eigenvalue weighted by Gasteiger charge is 2.17. The predicted octanol–water partition coefficient (Wildman–Crippen LogP) is 1.58. The monoisotopic (exact) mass is 330 g/mol. The van der Waals surface area contributed by atoms with E-state index in [0.29, 0.717) is 25.1 Å². The summed E-state index contributed by atoms with van der Waals surface area (Å²) in [6.45, 7) is 2.31. The van der Waals surface area contributed by atoms with Crippen LogP contribution in [0.25, 0.3) is 0 Å². The summed E-state index contributed by atoms with van der Waals surface area (Å²) in [5.41, 5.74) is 0.463. The highest BCUT2D eigenvalue weighted by Crippen LogP contribution is 2.15. The molecule has 0 radical (unpaired) electrons. The number of carbonyl (C=O) groups excluding carboxylic acids is 1. The normalized spacial score (nSPS) is 19.2. The Morgan fingerprint density at radius 3 is 3.16 bits per heavy atom. The molecule has 0 spiro atoms. The number of carbonyl (C=O) groups is 1. The van der Waals surface area contributed by atoms with Crippen molar-refractivity contribution in [1.29, 1.82) is 0 Å². The Bertz CT molecular complexity index is 450. The van der Waals surface area contributed by atoms with E-state index in [9.17, 15) is 9.18 Å². The molecule has 1 fully saturated rings. The second-order valence-electron chi connectivity index (χ2n) is 4.41. The lowest BCUT2D eigenvalue weighted by molar-refractivity contribution is -0.124. The van der Waals surface area contributed by atoms with Gasteiger partial charge in [-0.25, -0.2) is 4.39 Å². The number of halogens is 2. The number of ether oxygens (including phenoxy) is 1. The molecule has 2 N–H and O–H groups in total. The van der Waals surface area contributed by atoms with Crippen LogP contribution in [0, 0.1) is 5.82 Å². The smallest absolute Gasteiger partial charge is 0.222 e. The zero-order chi connectivity index (χ0) is 13.7. The van der Waals surface area contributed by atoms with Gasteiger partial charge in [0.2, 0.25) is 5.91 Å². The molecule has 0 bridgehead atoms. The van der Waals surface area contributed by atoms with Gasteiger partial charge in [-0.05, 0) is 18.2 Å². The largest absolute Gasteiger partial charge is 0.375 e. The molecule has 1 saturated heterocycles. The van der Waals surface area contributed by atoms with Crippen LogP contribution in [0.3, 0.4) is 0 Å². The van der Waals surface area contributed by atoms with Gasteiger partial charge in [-0.1, -0.05) is 15.9 Å². The van der Waals surface area contributed by atoms with E-state index in [-0.39, 0.29) is 24.4 Å². The van der Waals surface area contributed by atoms with Crippen molar-refractivity contribution in [3.8, 4) is 0 Å². The van der Waals surface area contributed by atoms with Crippen LogP contribution < -0.4 is 10.6 Å². The molecule has 1 aliphatic heterocycles. The minimum Gasteiger partial charge on any atom is -0.375 e. The third kappa shape index (κ3) is 4.56. The van der Waals surface area contributed by atoms with E-state index in [1.165, 1.54) is 6.07 Å². The first-order valence-corrected chi connectivity index (χ1v) is 6.97. The summed E-state index contributed by atoms with van der Waals surface area (Å²) in [6, 6.07) is 4.66. The molecule has 1 atom stereocenters. The van der Waals surface area contributed by atoms with Crippen LogP contribution in [-0.4, -0.2) is 31.7 Å². The Hall–Kier alpha value is -0.980. The van der Waals surface area contributed by atoms with E-state index >= 15 is 0 Å². The van der Waals surface area contributed by atoms with Crippen molar-refractivity contribution < 1.29 is 13.9 Å². The highest BCUT2D eigenvalue weighted by atomic mass is 79.9. The zero-order valence-electron chi connectivity index (χ0n) is 10.4. The molecule has 1 aromatic carbocycles. The summed E-state index contributed by atoms with van der Waals surface area (Å²) in [4.78, 5) is 11.7. The number of morpholine rings is 1. The van der Waals surface area contributed by atoms with Gasteiger partial charge in [0.1, 0.15) is 5.82 Å². The quantitative estimate of drug-likeness (QED) is 0.881. The standard InChI is InChI=1S/C13H16BrFN2O2/c14-10-1-2-12(15)9(5-10)7-17-13(18)6-11-8-16-3-4-19-11/h1-2,5,11,16H,3-4,6-8H2,(H,17,18). The molecule has 0 aliphatic carbocycles. The van der Waals surface area contributed by atoms with Gasteiger partial charge in [-0.3, -0.25) is 4.79 Å². The van der Waals surface area contributed by atoms with E-state index in [1.807, 2.05) is 0 Å². The van der Waals surface area contributed by atoms with Crippen LogP contribution >= 0.6 is 15.9 Å². The second-order valence-corrected chi connectivity index (χ2v) is 5.33. The van der Waals surface area contributed by atoms with Crippen LogP contribution in [-0.2, 0) is 16.1 Å². The van der Waals surface area contributed by atoms with E-state index in [4.69, 9.17) is 4.74 Å². The third-order valence-electron chi connectivity index (χ3n) is 2.90. The topological polar surface area (TPSA) is 50.4 Å². The lowest BCUT2D eigenvalue weighted by atomic mass is 10.2. The molecule has 1 amide bonds. The first kappa shape index (κ1) is 14.4. The summed E-state index contributed by atoms with van der Waals surface area (Å²) in [7, 11) is 0. The fourth-order valence-corrected chi connectivity index (χ4v) is 2.31. The second kappa shape index (κ2) is 6.98. The Kier molecular flexibility index (Phi) is 5.30. The van der Waals surface area contributed by atoms with Gasteiger partial charge in [0.25, 0.3) is 0 Å². The van der Waals surface area contributed by atoms with Gasteiger partial charge < -0.3 is 15.4 Å². The molecular formula is C13H16BrFN2O2. The van der Waals surface area contributed by atoms with E-state index < -0.39 is 0 Å². The molecular weight excluding hydrogens is 315 g/mol. The van der Waals surface area contributed by atoms with Crippen molar-refractivity contribution in [3.63, 3.8) is 0 Å². The van der Waals surface area contributed by atoms with Crippen molar-refractivity contribution in [2.45, 2.75) is 19.1 Å². The molecule has 0 saturated carbocycles. The zero-order valence-corrected chi connectivity index (χ0v) is 12.0. The summed E-state index contributed by atoms with van der Waals surface area (Å²) in [5, 5.41) is 5.87. The summed E-state index contributed by atoms with van der Waals surface area (Å²) in [6.07, 6.45) is 0.198. The lowest BCUT2D eigenvalue weighted by Crippen LogP contribution is -2.41. The molecule has 0 aromatic heterocycles. The fourth-order valence-electron chi connectivity index (χ4n) is 1.90. The molecule has 1 aliphatic rings. The number of nitrogens with one attached hydrogen (secondary N) is 2. The maximum absolute atomic E-state index is 13.5. The Morgan fingerprint density at radius 2 is 2.42 bits per heavy atom. The summed E-state index contributed by atoms with van der Waals surface area (Å²) in [5.74, 6) is -0.452. The van der Waals surface area contributed by atoms with Gasteiger partial charge in [-0.15, -0.1) is 0 Å². The van der Waals surface area contributed by atoms with Crippen LogP contribution in [0.4, 0.5) is 4.39 Å². The number of rotatable bonds is 4. The fraction of sp³-hybridized carbons (Fsp3) is 0.462. The molecule has 6 heteroatoms. The average Bonchev–Trinajstić information content (AvgIpc) is 2.41. The Morgan fingerprint density at radius 1 is 1.58 bits per heavy atom. The van der Waals surface area contributed by atoms with Crippen molar-refractivity contribution in [1.82, 2.24) is 10.6 Å². The van der Waals surface area contributed by atoms with Crippen LogP contribution in [0.1, 0.15) is 12.0 Å². The molecule has 2 rings (SSSR count). The SMILES string of the molecule is O=C(CC1CNCCO1)NCc1cc(Br)ccc1F. The van der Waals surface area contributed by atoms with Crippen molar-refractivity contribution in [3.05, 3.63) is 34.1 Å². The van der Waals surface area contributed by atoms with Gasteiger partial charge in [0, 0.05) is 29.7 Å². The molecule has 19 heavy (non-hydrogen) atoms. The first-order chi connectivity index (χ1) is 9.15. The van der Waals surface area contributed by atoms with Crippen molar-refractivity contribution in [2.75, 3.05) is 19.7 Å².